The first-order valence-corrected chi connectivity index (χ1v) is 13.9. The predicted octanol–water partition coefficient (Wildman–Crippen LogP) is 3.49. The number of hydrogen-bond donors (Lipinski definition) is 1. The third-order valence-corrected chi connectivity index (χ3v) is 10.8. The van der Waals surface area contributed by atoms with Gasteiger partial charge in [0.25, 0.3) is 10.1 Å². The van der Waals surface area contributed by atoms with Crippen LogP contribution in [0.25, 0.3) is 0 Å². The fourth-order valence-electron chi connectivity index (χ4n) is 7.52. The van der Waals surface area contributed by atoms with E-state index in [1.807, 2.05) is 19.9 Å². The van der Waals surface area contributed by atoms with Crippen molar-refractivity contribution in [3.63, 3.8) is 0 Å². The molecule has 1 aromatic carbocycles. The summed E-state index contributed by atoms with van der Waals surface area (Å²) in [6, 6.07) is 6.11. The molecule has 0 bridgehead atoms. The molecule has 0 radical (unpaired) electrons. The lowest BCUT2D eigenvalue weighted by Gasteiger charge is -2.56. The van der Waals surface area contributed by atoms with Crippen molar-refractivity contribution >= 4 is 27.5 Å². The summed E-state index contributed by atoms with van der Waals surface area (Å²) >= 11 is 0. The molecule has 5 rings (SSSR count). The zero-order valence-corrected chi connectivity index (χ0v) is 21.6. The summed E-state index contributed by atoms with van der Waals surface area (Å²) in [4.78, 5) is 38.9. The van der Waals surface area contributed by atoms with Crippen LogP contribution in [0.15, 0.2) is 53.0 Å². The largest absolute Gasteiger partial charge is 0.381 e. The Morgan fingerprint density at radius 1 is 1.14 bits per heavy atom. The van der Waals surface area contributed by atoms with Gasteiger partial charge >= 0.3 is 0 Å². The SMILES string of the molecule is Cc1ccc(S(=O)(=O)OCC(=O)[C@@]2(O)CC[C@H]3[C@@H]4CCC5=CC(=O)C=C[C@]5(C)[C@H]4C(=O)C[C@@]32C)cc1. The molecule has 8 heteroatoms. The molecule has 0 heterocycles. The van der Waals surface area contributed by atoms with Gasteiger partial charge in [-0.3, -0.25) is 18.6 Å². The summed E-state index contributed by atoms with van der Waals surface area (Å²) in [5.74, 6) is -1.21. The van der Waals surface area contributed by atoms with Gasteiger partial charge in [-0.05, 0) is 68.7 Å². The number of Topliss-reactive ketones (excluding diaryl/α,β-unsaturated/α-hetero) is 2. The van der Waals surface area contributed by atoms with Crippen molar-refractivity contribution in [1.82, 2.24) is 0 Å². The molecule has 3 fully saturated rings. The molecule has 1 N–H and O–H groups in total. The maximum atomic E-state index is 13.7. The van der Waals surface area contributed by atoms with Crippen LogP contribution < -0.4 is 0 Å². The molecule has 192 valence electrons. The Kier molecular flexibility index (Phi) is 5.82. The first kappa shape index (κ1) is 25.2. The molecule has 0 spiro atoms. The van der Waals surface area contributed by atoms with Crippen LogP contribution in [0.1, 0.15) is 51.5 Å². The number of ketones is 3. The van der Waals surface area contributed by atoms with Crippen LogP contribution in [0.3, 0.4) is 0 Å². The summed E-state index contributed by atoms with van der Waals surface area (Å²) in [6.07, 6.45) is 7.19. The van der Waals surface area contributed by atoms with Gasteiger partial charge in [0.05, 0.1) is 4.90 Å². The third-order valence-electron chi connectivity index (χ3n) is 9.53. The van der Waals surface area contributed by atoms with E-state index in [9.17, 15) is 27.9 Å². The molecule has 1 aromatic rings. The summed E-state index contributed by atoms with van der Waals surface area (Å²) in [7, 11) is -4.17. The van der Waals surface area contributed by atoms with E-state index >= 15 is 0 Å². The Morgan fingerprint density at radius 3 is 2.53 bits per heavy atom. The van der Waals surface area contributed by atoms with Gasteiger partial charge in [0.2, 0.25) is 0 Å². The molecule has 36 heavy (non-hydrogen) atoms. The van der Waals surface area contributed by atoms with Gasteiger partial charge in [-0.15, -0.1) is 0 Å². The van der Waals surface area contributed by atoms with Gasteiger partial charge in [-0.2, -0.15) is 8.42 Å². The first-order valence-electron chi connectivity index (χ1n) is 12.5. The fraction of sp³-hybridized carbons (Fsp3) is 0.536. The number of fused-ring (bicyclic) bond motifs is 5. The highest BCUT2D eigenvalue weighted by Gasteiger charge is 2.68. The quantitative estimate of drug-likeness (QED) is 0.601. The molecule has 7 nitrogen and oxygen atoms in total. The second kappa shape index (κ2) is 8.30. The van der Waals surface area contributed by atoms with Gasteiger partial charge in [0, 0.05) is 23.2 Å². The average molecular weight is 513 g/mol. The first-order chi connectivity index (χ1) is 16.8. The molecule has 6 atom stereocenters. The molecule has 4 aliphatic rings. The second-order valence-corrected chi connectivity index (χ2v) is 13.0. The van der Waals surface area contributed by atoms with Crippen molar-refractivity contribution in [3.8, 4) is 0 Å². The maximum Gasteiger partial charge on any atom is 0.297 e. The van der Waals surface area contributed by atoms with Crippen molar-refractivity contribution in [2.75, 3.05) is 6.61 Å². The smallest absolute Gasteiger partial charge is 0.297 e. The number of aryl methyl sites for hydroxylation is 1. The predicted molar refractivity (Wildman–Crippen MR) is 131 cm³/mol. The number of allylic oxidation sites excluding steroid dienone is 4. The highest BCUT2D eigenvalue weighted by atomic mass is 32.2. The molecule has 0 unspecified atom stereocenters. The molecule has 4 aliphatic carbocycles. The summed E-state index contributed by atoms with van der Waals surface area (Å²) in [5.41, 5.74) is -1.53. The van der Waals surface area contributed by atoms with Gasteiger partial charge < -0.3 is 5.11 Å². The zero-order chi connectivity index (χ0) is 26.1. The summed E-state index contributed by atoms with van der Waals surface area (Å²) in [6.45, 7) is 4.85. The topological polar surface area (TPSA) is 115 Å². The Balaban J connectivity index is 1.38. The summed E-state index contributed by atoms with van der Waals surface area (Å²) < 4.78 is 30.3. The number of rotatable bonds is 5. The molecule has 3 saturated carbocycles. The Labute approximate surface area is 211 Å². The molecular formula is C28H32O7S. The van der Waals surface area contributed by atoms with Gasteiger partial charge in [-0.1, -0.05) is 43.2 Å². The normalized spacial score (nSPS) is 37.7. The zero-order valence-electron chi connectivity index (χ0n) is 20.8. The number of benzene rings is 1. The minimum Gasteiger partial charge on any atom is -0.381 e. The van der Waals surface area contributed by atoms with Crippen molar-refractivity contribution in [2.45, 2.75) is 63.4 Å². The van der Waals surface area contributed by atoms with Crippen molar-refractivity contribution < 1.29 is 32.1 Å². The van der Waals surface area contributed by atoms with Gasteiger partial charge in [0.1, 0.15) is 18.0 Å². The monoisotopic (exact) mass is 512 g/mol. The van der Waals surface area contributed by atoms with Crippen molar-refractivity contribution in [1.29, 1.82) is 0 Å². The van der Waals surface area contributed by atoms with E-state index in [0.29, 0.717) is 19.3 Å². The van der Waals surface area contributed by atoms with Crippen LogP contribution in [0.4, 0.5) is 0 Å². The standard InChI is InChI=1S/C28H32O7S/c1-17-4-7-20(8-5-17)36(33,34)35-16-24(31)28(32)13-11-22-21-9-6-18-14-19(29)10-12-26(18,2)25(21)23(30)15-27(22,28)3/h4-5,7-8,10,12,14,21-22,25,32H,6,9,11,13,15-16H2,1-3H3/t21-,22-,25+,26-,27-,28-/m0/s1. The van der Waals surface area contributed by atoms with E-state index in [1.54, 1.807) is 25.1 Å². The third kappa shape index (κ3) is 3.60. The van der Waals surface area contributed by atoms with E-state index in [-0.39, 0.29) is 47.1 Å². The van der Waals surface area contributed by atoms with Crippen LogP contribution >= 0.6 is 0 Å². The fourth-order valence-corrected chi connectivity index (χ4v) is 8.38. The molecule has 0 aromatic heterocycles. The van der Waals surface area contributed by atoms with Crippen LogP contribution in [-0.4, -0.2) is 43.1 Å². The highest BCUT2D eigenvalue weighted by molar-refractivity contribution is 7.86. The number of hydrogen-bond acceptors (Lipinski definition) is 7. The lowest BCUT2D eigenvalue weighted by molar-refractivity contribution is -0.168. The van der Waals surface area contributed by atoms with Crippen LogP contribution in [0, 0.1) is 35.5 Å². The van der Waals surface area contributed by atoms with Crippen molar-refractivity contribution in [3.05, 3.63) is 53.6 Å². The molecular weight excluding hydrogens is 480 g/mol. The number of carbonyl (C=O) groups is 3. The van der Waals surface area contributed by atoms with Gasteiger partial charge in [-0.25, -0.2) is 0 Å². The second-order valence-electron chi connectivity index (χ2n) is 11.4. The summed E-state index contributed by atoms with van der Waals surface area (Å²) in [5, 5.41) is 11.7. The minimum absolute atomic E-state index is 0.0211. The van der Waals surface area contributed by atoms with Gasteiger partial charge in [0.15, 0.2) is 11.6 Å². The lowest BCUT2D eigenvalue weighted by Crippen LogP contribution is -2.60. The lowest BCUT2D eigenvalue weighted by atomic mass is 9.46. The Bertz CT molecular complexity index is 1310. The Morgan fingerprint density at radius 2 is 1.83 bits per heavy atom. The Hall–Kier alpha value is -2.42. The van der Waals surface area contributed by atoms with E-state index in [2.05, 4.69) is 0 Å². The number of carbonyl (C=O) groups excluding carboxylic acids is 3. The molecule has 0 saturated heterocycles. The minimum atomic E-state index is -4.17. The van der Waals surface area contributed by atoms with Crippen LogP contribution in [0.5, 0.6) is 0 Å². The molecule has 0 amide bonds. The maximum absolute atomic E-state index is 13.7. The number of aliphatic hydroxyl groups is 1. The average Bonchev–Trinajstić information content (AvgIpc) is 3.09. The van der Waals surface area contributed by atoms with Crippen molar-refractivity contribution in [2.24, 2.45) is 28.6 Å². The molecule has 0 aliphatic heterocycles. The van der Waals surface area contributed by atoms with E-state index < -0.39 is 38.9 Å². The van der Waals surface area contributed by atoms with E-state index in [4.69, 9.17) is 4.18 Å². The highest BCUT2D eigenvalue weighted by Crippen LogP contribution is 2.66. The van der Waals surface area contributed by atoms with Crippen LogP contribution in [0.2, 0.25) is 0 Å². The van der Waals surface area contributed by atoms with Crippen LogP contribution in [-0.2, 0) is 28.7 Å². The van der Waals surface area contributed by atoms with E-state index in [1.165, 1.54) is 18.2 Å². The van der Waals surface area contributed by atoms with E-state index in [0.717, 1.165) is 11.1 Å².